The molecule has 2 aromatic rings. The molecule has 2 amide bonds. The summed E-state index contributed by atoms with van der Waals surface area (Å²) in [7, 11) is 1.67. The molecule has 0 fully saturated rings. The van der Waals surface area contributed by atoms with Crippen LogP contribution in [0.15, 0.2) is 24.3 Å². The first kappa shape index (κ1) is 20.4. The molecule has 0 aliphatic heterocycles. The number of hydrogen-bond acceptors (Lipinski definition) is 3. The summed E-state index contributed by atoms with van der Waals surface area (Å²) in [6.07, 6.45) is 0.288. The summed E-state index contributed by atoms with van der Waals surface area (Å²) >= 11 is 0. The van der Waals surface area contributed by atoms with Crippen LogP contribution in [0.25, 0.3) is 10.9 Å². The van der Waals surface area contributed by atoms with Crippen LogP contribution in [0, 0.1) is 11.7 Å². The number of aromatic nitrogens is 1. The normalized spacial score (nSPS) is 13.4. The van der Waals surface area contributed by atoms with Gasteiger partial charge in [-0.3, -0.25) is 9.59 Å². The standard InChI is InChI=1S/C19H24FN3O4/c1-10(2)7-14(19(26)27)22-17(24)11(3)21-18(25)16-9-12-8-13(20)5-6-15(12)23(16)4/h5-6,8-11,14H,7H2,1-4H3,(H,21,25)(H,22,24)(H,26,27). The molecule has 2 rings (SSSR count). The lowest BCUT2D eigenvalue weighted by Gasteiger charge is -2.20. The zero-order valence-electron chi connectivity index (χ0n) is 15.7. The predicted molar refractivity (Wildman–Crippen MR) is 98.8 cm³/mol. The van der Waals surface area contributed by atoms with Gasteiger partial charge in [-0.1, -0.05) is 13.8 Å². The third-order valence-corrected chi connectivity index (χ3v) is 4.30. The number of halogens is 1. The average molecular weight is 377 g/mol. The molecule has 7 nitrogen and oxygen atoms in total. The molecule has 0 spiro atoms. The number of aliphatic carboxylic acids is 1. The van der Waals surface area contributed by atoms with Crippen molar-refractivity contribution < 1.29 is 23.9 Å². The average Bonchev–Trinajstić information content (AvgIpc) is 2.89. The molecule has 1 aromatic carbocycles. The maximum absolute atomic E-state index is 13.4. The van der Waals surface area contributed by atoms with Crippen LogP contribution in [0.1, 0.15) is 37.7 Å². The van der Waals surface area contributed by atoms with Crippen LogP contribution < -0.4 is 10.6 Å². The third-order valence-electron chi connectivity index (χ3n) is 4.30. The van der Waals surface area contributed by atoms with Gasteiger partial charge in [0.25, 0.3) is 5.91 Å². The van der Waals surface area contributed by atoms with Gasteiger partial charge in [0.1, 0.15) is 23.6 Å². The first-order valence-corrected chi connectivity index (χ1v) is 8.69. The first-order valence-electron chi connectivity index (χ1n) is 8.69. The van der Waals surface area contributed by atoms with Crippen LogP contribution in [-0.2, 0) is 16.6 Å². The Morgan fingerprint density at radius 3 is 2.41 bits per heavy atom. The number of nitrogens with zero attached hydrogens (tertiary/aromatic N) is 1. The molecule has 0 bridgehead atoms. The highest BCUT2D eigenvalue weighted by Crippen LogP contribution is 2.20. The van der Waals surface area contributed by atoms with Crippen molar-refractivity contribution in [2.45, 2.75) is 39.3 Å². The Labute approximate surface area is 156 Å². The van der Waals surface area contributed by atoms with Gasteiger partial charge in [0.15, 0.2) is 0 Å². The fraction of sp³-hybridized carbons (Fsp3) is 0.421. The SMILES string of the molecule is CC(C)CC(NC(=O)C(C)NC(=O)c1cc2cc(F)ccc2n1C)C(=O)O. The second-order valence-corrected chi connectivity index (χ2v) is 7.02. The number of carboxylic acid groups (broad SMARTS) is 1. The highest BCUT2D eigenvalue weighted by atomic mass is 19.1. The second-order valence-electron chi connectivity index (χ2n) is 7.02. The number of nitrogens with one attached hydrogen (secondary N) is 2. The van der Waals surface area contributed by atoms with E-state index in [1.807, 2.05) is 13.8 Å². The zero-order chi connectivity index (χ0) is 20.3. The van der Waals surface area contributed by atoms with E-state index in [4.69, 9.17) is 0 Å². The molecule has 0 saturated heterocycles. The van der Waals surface area contributed by atoms with Crippen molar-refractivity contribution in [3.8, 4) is 0 Å². The molecule has 0 aliphatic rings. The fourth-order valence-corrected chi connectivity index (χ4v) is 2.86. The topological polar surface area (TPSA) is 100 Å². The highest BCUT2D eigenvalue weighted by Gasteiger charge is 2.25. The maximum Gasteiger partial charge on any atom is 0.326 e. The number of benzene rings is 1. The van der Waals surface area contributed by atoms with Gasteiger partial charge >= 0.3 is 5.97 Å². The van der Waals surface area contributed by atoms with Gasteiger partial charge in [0, 0.05) is 18.0 Å². The van der Waals surface area contributed by atoms with E-state index in [0.717, 1.165) is 0 Å². The number of aryl methyl sites for hydroxylation is 1. The molecular formula is C19H24FN3O4. The molecule has 1 heterocycles. The van der Waals surface area contributed by atoms with Crippen LogP contribution in [0.2, 0.25) is 0 Å². The third kappa shape index (κ3) is 4.84. The lowest BCUT2D eigenvalue weighted by molar-refractivity contribution is -0.142. The van der Waals surface area contributed by atoms with E-state index < -0.39 is 35.7 Å². The number of rotatable bonds is 7. The maximum atomic E-state index is 13.4. The lowest BCUT2D eigenvalue weighted by Crippen LogP contribution is -2.50. The minimum Gasteiger partial charge on any atom is -0.480 e. The number of carbonyl (C=O) groups is 3. The minimum absolute atomic E-state index is 0.0903. The van der Waals surface area contributed by atoms with Crippen molar-refractivity contribution in [1.29, 1.82) is 0 Å². The van der Waals surface area contributed by atoms with Crippen LogP contribution in [0.5, 0.6) is 0 Å². The molecule has 0 aliphatic carbocycles. The van der Waals surface area contributed by atoms with Gasteiger partial charge < -0.3 is 20.3 Å². The van der Waals surface area contributed by atoms with Crippen molar-refractivity contribution in [1.82, 2.24) is 15.2 Å². The van der Waals surface area contributed by atoms with E-state index in [-0.39, 0.29) is 18.0 Å². The molecular weight excluding hydrogens is 353 g/mol. The van der Waals surface area contributed by atoms with Gasteiger partial charge in [-0.2, -0.15) is 0 Å². The van der Waals surface area contributed by atoms with E-state index >= 15 is 0 Å². The van der Waals surface area contributed by atoms with E-state index in [1.165, 1.54) is 25.1 Å². The first-order chi connectivity index (χ1) is 12.6. The number of amides is 2. The quantitative estimate of drug-likeness (QED) is 0.687. The molecule has 27 heavy (non-hydrogen) atoms. The molecule has 0 radical (unpaired) electrons. The summed E-state index contributed by atoms with van der Waals surface area (Å²) in [6, 6.07) is 3.80. The lowest BCUT2D eigenvalue weighted by atomic mass is 10.0. The van der Waals surface area contributed by atoms with Gasteiger partial charge in [0.05, 0.1) is 0 Å². The number of hydrogen-bond donors (Lipinski definition) is 3. The Morgan fingerprint density at radius 2 is 1.81 bits per heavy atom. The van der Waals surface area contributed by atoms with Gasteiger partial charge in [0.2, 0.25) is 5.91 Å². The molecule has 1 aromatic heterocycles. The Hall–Kier alpha value is -2.90. The van der Waals surface area contributed by atoms with Crippen LogP contribution in [-0.4, -0.2) is 39.5 Å². The van der Waals surface area contributed by atoms with E-state index in [9.17, 15) is 23.9 Å². The van der Waals surface area contributed by atoms with Crippen molar-refractivity contribution in [2.24, 2.45) is 13.0 Å². The predicted octanol–water partition coefficient (Wildman–Crippen LogP) is 2.05. The summed E-state index contributed by atoms with van der Waals surface area (Å²) in [6.45, 7) is 5.19. The fourth-order valence-electron chi connectivity index (χ4n) is 2.86. The van der Waals surface area contributed by atoms with Gasteiger partial charge in [-0.05, 0) is 43.5 Å². The summed E-state index contributed by atoms with van der Waals surface area (Å²) in [5.74, 6) is -2.52. The van der Waals surface area contributed by atoms with E-state index in [1.54, 1.807) is 17.7 Å². The van der Waals surface area contributed by atoms with E-state index in [0.29, 0.717) is 10.9 Å². The monoisotopic (exact) mass is 377 g/mol. The van der Waals surface area contributed by atoms with Crippen molar-refractivity contribution in [3.05, 3.63) is 35.8 Å². The second kappa shape index (κ2) is 8.20. The zero-order valence-corrected chi connectivity index (χ0v) is 15.7. The molecule has 2 unspecified atom stereocenters. The Kier molecular flexibility index (Phi) is 6.20. The molecule has 8 heteroatoms. The largest absolute Gasteiger partial charge is 0.480 e. The smallest absolute Gasteiger partial charge is 0.326 e. The Bertz CT molecular complexity index is 875. The summed E-state index contributed by atoms with van der Waals surface area (Å²) in [4.78, 5) is 36.0. The molecule has 0 saturated carbocycles. The van der Waals surface area contributed by atoms with Crippen molar-refractivity contribution in [3.63, 3.8) is 0 Å². The number of carboxylic acids is 1. The summed E-state index contributed by atoms with van der Waals surface area (Å²) in [5, 5.41) is 14.8. The number of carbonyl (C=O) groups excluding carboxylic acids is 2. The van der Waals surface area contributed by atoms with Gasteiger partial charge in [-0.25, -0.2) is 9.18 Å². The van der Waals surface area contributed by atoms with Gasteiger partial charge in [-0.15, -0.1) is 0 Å². The van der Waals surface area contributed by atoms with E-state index in [2.05, 4.69) is 10.6 Å². The molecule has 3 N–H and O–H groups in total. The molecule has 146 valence electrons. The molecule has 2 atom stereocenters. The minimum atomic E-state index is -1.12. The Balaban J connectivity index is 2.09. The van der Waals surface area contributed by atoms with Crippen LogP contribution in [0.4, 0.5) is 4.39 Å². The number of fused-ring (bicyclic) bond motifs is 1. The van der Waals surface area contributed by atoms with Crippen LogP contribution >= 0.6 is 0 Å². The summed E-state index contributed by atoms with van der Waals surface area (Å²) in [5.41, 5.74) is 0.953. The van der Waals surface area contributed by atoms with Crippen molar-refractivity contribution in [2.75, 3.05) is 0 Å². The Morgan fingerprint density at radius 1 is 1.15 bits per heavy atom. The van der Waals surface area contributed by atoms with Crippen LogP contribution in [0.3, 0.4) is 0 Å². The van der Waals surface area contributed by atoms with Crippen molar-refractivity contribution >= 4 is 28.7 Å². The highest BCUT2D eigenvalue weighted by molar-refractivity contribution is 6.01. The summed E-state index contributed by atoms with van der Waals surface area (Å²) < 4.78 is 15.0.